The van der Waals surface area contributed by atoms with Crippen LogP contribution >= 0.6 is 0 Å². The van der Waals surface area contributed by atoms with Gasteiger partial charge in [0, 0.05) is 56.3 Å². The van der Waals surface area contributed by atoms with E-state index in [1.807, 2.05) is 27.7 Å². The van der Waals surface area contributed by atoms with Crippen LogP contribution < -0.4 is 43.4 Å². The molecule has 16 nitrogen and oxygen atoms in total. The van der Waals surface area contributed by atoms with Crippen molar-refractivity contribution in [3.8, 4) is 0 Å². The number of amides is 8. The van der Waals surface area contributed by atoms with E-state index in [1.165, 1.54) is 18.2 Å². The Bertz CT molecular complexity index is 2280. The van der Waals surface area contributed by atoms with Crippen molar-refractivity contribution in [2.45, 2.75) is 116 Å². The maximum absolute atomic E-state index is 13.7. The summed E-state index contributed by atoms with van der Waals surface area (Å²) in [7, 11) is 0. The zero-order valence-corrected chi connectivity index (χ0v) is 39.6. The minimum atomic E-state index is -1.21. The molecule has 70 heavy (non-hydrogen) atoms. The number of aryl methyl sites for hydroxylation is 2. The van der Waals surface area contributed by atoms with Crippen molar-refractivity contribution in [3.63, 3.8) is 0 Å². The average molecular weight is 987 g/mol. The van der Waals surface area contributed by atoms with Gasteiger partial charge in [0.15, 0.2) is 0 Å². The van der Waals surface area contributed by atoms with Gasteiger partial charge in [-0.15, -0.1) is 0 Å². The molecule has 2 aliphatic heterocycles. The molecule has 2 aliphatic rings. The minimum absolute atomic E-state index is 0.00132. The second kappa shape index (κ2) is 28.5. The maximum atomic E-state index is 13.7. The number of carbonyl (C=O) groups is 8. The summed E-state index contributed by atoms with van der Waals surface area (Å²) in [5.74, 6) is -8.83. The Morgan fingerprint density at radius 1 is 0.571 bits per heavy atom. The molecule has 0 aliphatic carbocycles. The summed E-state index contributed by atoms with van der Waals surface area (Å²) >= 11 is 0. The van der Waals surface area contributed by atoms with Crippen LogP contribution in [0.25, 0.3) is 0 Å². The molecule has 382 valence electrons. The Balaban J connectivity index is 0.000000360. The Kier molecular flexibility index (Phi) is 23.4. The summed E-state index contributed by atoms with van der Waals surface area (Å²) in [6.07, 6.45) is 1.17. The van der Waals surface area contributed by atoms with Crippen LogP contribution in [0, 0.1) is 46.8 Å². The number of hydrogen-bond acceptors (Lipinski definition) is 8. The van der Waals surface area contributed by atoms with E-state index in [4.69, 9.17) is 11.5 Å². The van der Waals surface area contributed by atoms with E-state index in [0.29, 0.717) is 49.5 Å². The van der Waals surface area contributed by atoms with Gasteiger partial charge in [-0.2, -0.15) is 0 Å². The fourth-order valence-electron chi connectivity index (χ4n) is 7.72. The van der Waals surface area contributed by atoms with E-state index in [-0.39, 0.29) is 68.2 Å². The molecule has 3 aromatic carbocycles. The molecule has 3 aromatic rings. The van der Waals surface area contributed by atoms with Crippen LogP contribution in [0.3, 0.4) is 0 Å². The third-order valence-electron chi connectivity index (χ3n) is 11.2. The largest absolute Gasteiger partial charge is 0.368 e. The molecule has 5 rings (SSSR count). The third-order valence-corrected chi connectivity index (χ3v) is 11.2. The Morgan fingerprint density at radius 2 is 0.971 bits per heavy atom. The first-order chi connectivity index (χ1) is 33.1. The highest BCUT2D eigenvalue weighted by molar-refractivity contribution is 5.93. The fraction of sp³-hybridized carbons (Fsp3) is 0.469. The Labute approximate surface area is 403 Å². The van der Waals surface area contributed by atoms with Crippen LogP contribution in [0.15, 0.2) is 60.7 Å². The number of nitrogens with one attached hydrogen (secondary N) is 6. The van der Waals surface area contributed by atoms with Gasteiger partial charge in [0.25, 0.3) is 0 Å². The van der Waals surface area contributed by atoms with Crippen molar-refractivity contribution < 1.29 is 60.3 Å². The highest BCUT2D eigenvalue weighted by atomic mass is 19.1. The predicted molar refractivity (Wildman–Crippen MR) is 248 cm³/mol. The lowest BCUT2D eigenvalue weighted by Crippen LogP contribution is -2.54. The number of hydrogen-bond donors (Lipinski definition) is 8. The van der Waals surface area contributed by atoms with Gasteiger partial charge in [0.05, 0.1) is 0 Å². The van der Waals surface area contributed by atoms with Gasteiger partial charge < -0.3 is 43.4 Å². The van der Waals surface area contributed by atoms with Crippen LogP contribution in [0.4, 0.5) is 22.0 Å². The van der Waals surface area contributed by atoms with Gasteiger partial charge >= 0.3 is 0 Å². The number of benzene rings is 3. The summed E-state index contributed by atoms with van der Waals surface area (Å²) < 4.78 is 67.1. The lowest BCUT2D eigenvalue weighted by molar-refractivity contribution is -0.132. The van der Waals surface area contributed by atoms with Crippen LogP contribution in [0.2, 0.25) is 0 Å². The average Bonchev–Trinajstić information content (AvgIpc) is 3.89. The standard InChI is InChI=1S/C25H27F3N4O4.C22H30F2N4O4.C2H6/c26-17-3-1-2-14(8-17)11-21(31-22(33)5-4-15-9-18(27)13-19(28)10-15)25(36)32-20(23(29)34)12-16-6-7-30-24(16)35;1-12(2)7-18(27-19(29)4-3-13-8-15(23)11-16(24)9-13)22(32)28-17(20(25)30)10-14-5-6-26-21(14)31;1-2/h1-3,8-10,13,16,20-21H,4-7,11-12H2,(H2,29,34)(H,30,35)(H,31,33)(H,32,36);8-9,11-12,14,17-18H,3-7,10H2,1-2H3,(H2,25,30)(H,26,31)(H,27,29)(H,28,32);1-2H3/t16-,20-,21-;14-,17-,18-;/m00./s1. The van der Waals surface area contributed by atoms with Gasteiger partial charge in [-0.1, -0.05) is 39.8 Å². The van der Waals surface area contributed by atoms with Crippen molar-refractivity contribution >= 4 is 47.3 Å². The maximum Gasteiger partial charge on any atom is 0.243 e. The highest BCUT2D eigenvalue weighted by Crippen LogP contribution is 2.19. The molecular formula is C49H63F5N8O8. The Morgan fingerprint density at radius 3 is 1.34 bits per heavy atom. The molecule has 0 aromatic heterocycles. The zero-order valence-electron chi connectivity index (χ0n) is 39.6. The lowest BCUT2D eigenvalue weighted by atomic mass is 9.97. The summed E-state index contributed by atoms with van der Waals surface area (Å²) in [6.45, 7) is 8.70. The number of primary amides is 2. The van der Waals surface area contributed by atoms with Gasteiger partial charge in [-0.25, -0.2) is 22.0 Å². The van der Waals surface area contributed by atoms with E-state index >= 15 is 0 Å². The first-order valence-corrected chi connectivity index (χ1v) is 23.1. The molecule has 0 unspecified atom stereocenters. The van der Waals surface area contributed by atoms with Crippen molar-refractivity contribution in [2.75, 3.05) is 13.1 Å². The van der Waals surface area contributed by atoms with Crippen LogP contribution in [0.5, 0.6) is 0 Å². The molecule has 0 saturated carbocycles. The van der Waals surface area contributed by atoms with E-state index in [1.54, 1.807) is 6.07 Å². The van der Waals surface area contributed by atoms with Gasteiger partial charge in [0.1, 0.15) is 53.3 Å². The first kappa shape index (κ1) is 57.4. The molecule has 2 fully saturated rings. The van der Waals surface area contributed by atoms with E-state index < -0.39 is 101 Å². The van der Waals surface area contributed by atoms with Gasteiger partial charge in [0.2, 0.25) is 47.3 Å². The minimum Gasteiger partial charge on any atom is -0.368 e. The van der Waals surface area contributed by atoms with Crippen molar-refractivity contribution in [1.82, 2.24) is 31.9 Å². The van der Waals surface area contributed by atoms with Gasteiger partial charge in [-0.3, -0.25) is 38.4 Å². The summed E-state index contributed by atoms with van der Waals surface area (Å²) in [6, 6.07) is 7.07. The summed E-state index contributed by atoms with van der Waals surface area (Å²) in [4.78, 5) is 98.4. The molecule has 2 saturated heterocycles. The third kappa shape index (κ3) is 20.0. The number of nitrogens with two attached hydrogens (primary N) is 2. The van der Waals surface area contributed by atoms with E-state index in [0.717, 1.165) is 30.3 Å². The van der Waals surface area contributed by atoms with Crippen LogP contribution in [-0.2, 0) is 57.6 Å². The van der Waals surface area contributed by atoms with E-state index in [9.17, 15) is 60.3 Å². The molecule has 6 atom stereocenters. The smallest absolute Gasteiger partial charge is 0.243 e. The molecule has 21 heteroatoms. The van der Waals surface area contributed by atoms with Crippen molar-refractivity contribution in [2.24, 2.45) is 29.2 Å². The molecule has 2 heterocycles. The van der Waals surface area contributed by atoms with Crippen molar-refractivity contribution in [1.29, 1.82) is 0 Å². The topological polar surface area (TPSA) is 261 Å². The molecule has 10 N–H and O–H groups in total. The quantitative estimate of drug-likeness (QED) is 0.0692. The fourth-order valence-corrected chi connectivity index (χ4v) is 7.72. The number of carbonyl (C=O) groups excluding carboxylic acids is 8. The first-order valence-electron chi connectivity index (χ1n) is 23.1. The van der Waals surface area contributed by atoms with E-state index in [2.05, 4.69) is 31.9 Å². The Hall–Kier alpha value is -6.93. The number of rotatable bonds is 22. The molecule has 0 spiro atoms. The molecular weight excluding hydrogens is 924 g/mol. The van der Waals surface area contributed by atoms with Gasteiger partial charge in [-0.05, 0) is 104 Å². The van der Waals surface area contributed by atoms with Crippen LogP contribution in [-0.4, -0.2) is 84.5 Å². The monoisotopic (exact) mass is 986 g/mol. The van der Waals surface area contributed by atoms with Crippen molar-refractivity contribution in [3.05, 3.63) is 106 Å². The SMILES string of the molecule is CC.CC(C)C[C@H](NC(=O)CCc1cc(F)cc(F)c1)C(=O)N[C@@H](C[C@@H]1CCNC1=O)C(N)=O.NC(=O)[C@H](C[C@@H]1CCNC1=O)NC(=O)[C@H](Cc1cccc(F)c1)NC(=O)CCc1cc(F)cc(F)c1. The summed E-state index contributed by atoms with van der Waals surface area (Å²) in [5, 5.41) is 15.5. The zero-order chi connectivity index (χ0) is 52.1. The molecule has 8 amide bonds. The normalized spacial score (nSPS) is 16.7. The molecule has 0 radical (unpaired) electrons. The highest BCUT2D eigenvalue weighted by Gasteiger charge is 2.34. The lowest BCUT2D eigenvalue weighted by Gasteiger charge is -2.24. The predicted octanol–water partition coefficient (Wildman–Crippen LogP) is 3.21. The second-order valence-corrected chi connectivity index (χ2v) is 17.2. The van der Waals surface area contributed by atoms with Crippen LogP contribution in [0.1, 0.15) is 89.3 Å². The molecule has 0 bridgehead atoms. The summed E-state index contributed by atoms with van der Waals surface area (Å²) in [5.41, 5.74) is 11.8. The number of halogens is 5. The second-order valence-electron chi connectivity index (χ2n) is 17.2.